The van der Waals surface area contributed by atoms with Crippen molar-refractivity contribution in [2.45, 2.75) is 31.6 Å². The van der Waals surface area contributed by atoms with Crippen LogP contribution < -0.4 is 14.2 Å². The maximum Gasteiger partial charge on any atom is 0.161 e. The molecule has 158 valence electrons. The van der Waals surface area contributed by atoms with Crippen LogP contribution >= 0.6 is 0 Å². The number of para-hydroxylation sites is 1. The Hall–Kier alpha value is -2.28. The van der Waals surface area contributed by atoms with E-state index < -0.39 is 6.10 Å². The van der Waals surface area contributed by atoms with E-state index in [-0.39, 0.29) is 12.7 Å². The van der Waals surface area contributed by atoms with Gasteiger partial charge in [-0.3, -0.25) is 4.90 Å². The van der Waals surface area contributed by atoms with Crippen molar-refractivity contribution in [3.63, 3.8) is 0 Å². The van der Waals surface area contributed by atoms with E-state index in [2.05, 4.69) is 4.90 Å². The molecule has 0 unspecified atom stereocenters. The predicted octanol–water partition coefficient (Wildman–Crippen LogP) is 3.12. The summed E-state index contributed by atoms with van der Waals surface area (Å²) in [6, 6.07) is 15.5. The number of hydrogen-bond acceptors (Lipinski definition) is 6. The molecule has 1 aliphatic heterocycles. The number of methoxy groups -OCH3 is 2. The molecule has 6 heteroatoms. The van der Waals surface area contributed by atoms with Crippen LogP contribution in [-0.2, 0) is 11.3 Å². The van der Waals surface area contributed by atoms with Crippen LogP contribution in [-0.4, -0.2) is 62.7 Å². The number of aliphatic hydroxyl groups is 1. The summed E-state index contributed by atoms with van der Waals surface area (Å²) in [6.07, 6.45) is 1.75. The van der Waals surface area contributed by atoms with Crippen molar-refractivity contribution in [3.8, 4) is 17.2 Å². The number of hydrogen-bond donors (Lipinski definition) is 1. The van der Waals surface area contributed by atoms with Crippen molar-refractivity contribution in [2.24, 2.45) is 0 Å². The number of rotatable bonds is 11. The van der Waals surface area contributed by atoms with Gasteiger partial charge in [0.15, 0.2) is 11.5 Å². The summed E-state index contributed by atoms with van der Waals surface area (Å²) < 4.78 is 22.3. The molecule has 0 aromatic heterocycles. The highest BCUT2D eigenvalue weighted by Gasteiger charge is 2.22. The largest absolute Gasteiger partial charge is 0.493 e. The van der Waals surface area contributed by atoms with Gasteiger partial charge in [0.25, 0.3) is 0 Å². The van der Waals surface area contributed by atoms with E-state index in [1.807, 2.05) is 48.5 Å². The van der Waals surface area contributed by atoms with Gasteiger partial charge in [0.1, 0.15) is 18.5 Å². The van der Waals surface area contributed by atoms with Crippen molar-refractivity contribution in [3.05, 3.63) is 54.1 Å². The van der Waals surface area contributed by atoms with Gasteiger partial charge in [-0.25, -0.2) is 0 Å². The van der Waals surface area contributed by atoms with Gasteiger partial charge in [-0.2, -0.15) is 0 Å². The van der Waals surface area contributed by atoms with Crippen molar-refractivity contribution in [2.75, 3.05) is 40.5 Å². The molecular weight excluding hydrogens is 370 g/mol. The average Bonchev–Trinajstić information content (AvgIpc) is 3.26. The van der Waals surface area contributed by atoms with Crippen molar-refractivity contribution in [1.82, 2.24) is 4.90 Å². The minimum absolute atomic E-state index is 0.206. The summed E-state index contributed by atoms with van der Waals surface area (Å²) in [5.74, 6) is 2.17. The molecule has 3 rings (SSSR count). The molecule has 0 spiro atoms. The van der Waals surface area contributed by atoms with Crippen LogP contribution in [0, 0.1) is 0 Å². The first kappa shape index (κ1) is 21.4. The standard InChI is InChI=1S/C23H31NO5/c1-26-22-11-10-18(13-23(22)27-2)14-24(16-21-9-6-12-28-21)15-19(25)17-29-20-7-4-3-5-8-20/h3-5,7-8,10-11,13,19,21,25H,6,9,12,14-17H2,1-2H3/t19-,21+/m0/s1. The first-order valence-electron chi connectivity index (χ1n) is 10.1. The van der Waals surface area contributed by atoms with Crippen LogP contribution in [0.1, 0.15) is 18.4 Å². The van der Waals surface area contributed by atoms with Crippen LogP contribution in [0.2, 0.25) is 0 Å². The summed E-state index contributed by atoms with van der Waals surface area (Å²) in [7, 11) is 3.26. The molecule has 0 amide bonds. The van der Waals surface area contributed by atoms with Gasteiger partial charge in [0.2, 0.25) is 0 Å². The maximum atomic E-state index is 10.6. The van der Waals surface area contributed by atoms with Gasteiger partial charge in [-0.15, -0.1) is 0 Å². The molecule has 1 fully saturated rings. The molecule has 0 aliphatic carbocycles. The lowest BCUT2D eigenvalue weighted by Gasteiger charge is -2.27. The van der Waals surface area contributed by atoms with Gasteiger partial charge in [-0.05, 0) is 42.7 Å². The van der Waals surface area contributed by atoms with Gasteiger partial charge >= 0.3 is 0 Å². The van der Waals surface area contributed by atoms with Crippen LogP contribution in [0.5, 0.6) is 17.2 Å². The van der Waals surface area contributed by atoms with Crippen molar-refractivity contribution >= 4 is 0 Å². The highest BCUT2D eigenvalue weighted by molar-refractivity contribution is 5.42. The van der Waals surface area contributed by atoms with Gasteiger partial charge in [-0.1, -0.05) is 24.3 Å². The Labute approximate surface area is 173 Å². The minimum atomic E-state index is -0.600. The number of benzene rings is 2. The van der Waals surface area contributed by atoms with Crippen LogP contribution in [0.25, 0.3) is 0 Å². The molecule has 6 nitrogen and oxygen atoms in total. The lowest BCUT2D eigenvalue weighted by Crippen LogP contribution is -2.39. The van der Waals surface area contributed by atoms with Gasteiger partial charge < -0.3 is 24.1 Å². The van der Waals surface area contributed by atoms with Crippen molar-refractivity contribution < 1.29 is 24.1 Å². The average molecular weight is 402 g/mol. The normalized spacial score (nSPS) is 17.3. The third-order valence-corrected chi connectivity index (χ3v) is 4.99. The van der Waals surface area contributed by atoms with E-state index in [0.29, 0.717) is 24.6 Å². The van der Waals surface area contributed by atoms with E-state index in [9.17, 15) is 5.11 Å². The van der Waals surface area contributed by atoms with Crippen LogP contribution in [0.15, 0.2) is 48.5 Å². The smallest absolute Gasteiger partial charge is 0.161 e. The fourth-order valence-corrected chi connectivity index (χ4v) is 3.58. The zero-order chi connectivity index (χ0) is 20.5. The molecule has 2 aromatic carbocycles. The SMILES string of the molecule is COc1ccc(CN(C[C@H](O)COc2ccccc2)C[C@H]2CCCO2)cc1OC. The second-order valence-corrected chi connectivity index (χ2v) is 7.30. The highest BCUT2D eigenvalue weighted by atomic mass is 16.5. The van der Waals surface area contributed by atoms with E-state index in [0.717, 1.165) is 37.3 Å². The Balaban J connectivity index is 1.62. The molecule has 1 saturated heterocycles. The van der Waals surface area contributed by atoms with E-state index in [1.54, 1.807) is 14.2 Å². The van der Waals surface area contributed by atoms with E-state index in [1.165, 1.54) is 0 Å². The fraction of sp³-hybridized carbons (Fsp3) is 0.478. The van der Waals surface area contributed by atoms with E-state index in [4.69, 9.17) is 18.9 Å². The Morgan fingerprint density at radius 2 is 1.90 bits per heavy atom. The molecule has 0 bridgehead atoms. The Morgan fingerprint density at radius 3 is 2.59 bits per heavy atom. The summed E-state index contributed by atoms with van der Waals surface area (Å²) in [5, 5.41) is 10.6. The predicted molar refractivity (Wildman–Crippen MR) is 112 cm³/mol. The summed E-state index contributed by atoms with van der Waals surface area (Å²) in [4.78, 5) is 2.22. The Kier molecular flexibility index (Phi) is 8.16. The van der Waals surface area contributed by atoms with Gasteiger partial charge in [0.05, 0.1) is 20.3 Å². The summed E-state index contributed by atoms with van der Waals surface area (Å²) >= 11 is 0. The Bertz CT molecular complexity index is 733. The highest BCUT2D eigenvalue weighted by Crippen LogP contribution is 2.28. The summed E-state index contributed by atoms with van der Waals surface area (Å²) in [6.45, 7) is 3.02. The zero-order valence-corrected chi connectivity index (χ0v) is 17.3. The quantitative estimate of drug-likeness (QED) is 0.624. The molecule has 0 saturated carbocycles. The Morgan fingerprint density at radius 1 is 1.10 bits per heavy atom. The van der Waals surface area contributed by atoms with Crippen LogP contribution in [0.3, 0.4) is 0 Å². The molecule has 0 radical (unpaired) electrons. The zero-order valence-electron chi connectivity index (χ0n) is 17.3. The first-order chi connectivity index (χ1) is 14.2. The second-order valence-electron chi connectivity index (χ2n) is 7.30. The molecular formula is C23H31NO5. The fourth-order valence-electron chi connectivity index (χ4n) is 3.58. The second kappa shape index (κ2) is 11.0. The first-order valence-corrected chi connectivity index (χ1v) is 10.1. The minimum Gasteiger partial charge on any atom is -0.493 e. The maximum absolute atomic E-state index is 10.6. The molecule has 2 atom stereocenters. The van der Waals surface area contributed by atoms with Gasteiger partial charge in [0, 0.05) is 26.2 Å². The molecule has 1 aliphatic rings. The number of aliphatic hydroxyl groups excluding tert-OH is 1. The molecule has 2 aromatic rings. The lowest BCUT2D eigenvalue weighted by molar-refractivity contribution is 0.0313. The third-order valence-electron chi connectivity index (χ3n) is 4.99. The van der Waals surface area contributed by atoms with E-state index >= 15 is 0 Å². The van der Waals surface area contributed by atoms with Crippen molar-refractivity contribution in [1.29, 1.82) is 0 Å². The number of nitrogens with zero attached hydrogens (tertiary/aromatic N) is 1. The molecule has 1 N–H and O–H groups in total. The molecule has 29 heavy (non-hydrogen) atoms. The topological polar surface area (TPSA) is 60.4 Å². The lowest BCUT2D eigenvalue weighted by atomic mass is 10.1. The monoisotopic (exact) mass is 401 g/mol. The molecule has 1 heterocycles. The number of ether oxygens (including phenoxy) is 4. The third kappa shape index (κ3) is 6.63. The van der Waals surface area contributed by atoms with Crippen LogP contribution in [0.4, 0.5) is 0 Å². The summed E-state index contributed by atoms with van der Waals surface area (Å²) in [5.41, 5.74) is 1.09.